The molecule has 0 saturated carbocycles. The van der Waals surface area contributed by atoms with Crippen LogP contribution in [-0.2, 0) is 4.74 Å². The summed E-state index contributed by atoms with van der Waals surface area (Å²) >= 11 is 0. The minimum absolute atomic E-state index is 0.0520. The van der Waals surface area contributed by atoms with Gasteiger partial charge in [0.1, 0.15) is 0 Å². The second kappa shape index (κ2) is 7.31. The zero-order chi connectivity index (χ0) is 17.8. The van der Waals surface area contributed by atoms with Crippen molar-refractivity contribution in [2.45, 2.75) is 25.9 Å². The van der Waals surface area contributed by atoms with Gasteiger partial charge in [-0.3, -0.25) is 10.1 Å². The summed E-state index contributed by atoms with van der Waals surface area (Å²) in [5, 5.41) is 17.3. The number of ether oxygens (including phenoxy) is 1. The molecule has 2 heterocycles. The zero-order valence-corrected chi connectivity index (χ0v) is 13.9. The van der Waals surface area contributed by atoms with Crippen molar-refractivity contribution in [2.24, 2.45) is 0 Å². The molecule has 1 atom stereocenters. The summed E-state index contributed by atoms with van der Waals surface area (Å²) in [7, 11) is 0. The number of nitrogens with zero attached hydrogens (tertiary/aromatic N) is 3. The predicted molar refractivity (Wildman–Crippen MR) is 95.0 cm³/mol. The molecule has 0 radical (unpaired) electrons. The monoisotopic (exact) mass is 344 g/mol. The van der Waals surface area contributed by atoms with Crippen LogP contribution in [0.5, 0.6) is 0 Å². The van der Waals surface area contributed by atoms with Crippen LogP contribution < -0.4 is 16.4 Å². The number of hydrogen-bond acceptors (Lipinski definition) is 8. The maximum Gasteiger partial charge on any atom is 0.353 e. The summed E-state index contributed by atoms with van der Waals surface area (Å²) in [4.78, 5) is 19.0. The second-order valence-corrected chi connectivity index (χ2v) is 5.89. The Hall–Kier alpha value is -2.94. The highest BCUT2D eigenvalue weighted by Gasteiger charge is 2.24. The Morgan fingerprint density at radius 1 is 1.36 bits per heavy atom. The van der Waals surface area contributed by atoms with E-state index in [4.69, 9.17) is 10.5 Å². The third kappa shape index (κ3) is 4.13. The van der Waals surface area contributed by atoms with Crippen LogP contribution >= 0.6 is 0 Å². The highest BCUT2D eigenvalue weighted by Crippen LogP contribution is 2.31. The fraction of sp³-hybridized carbons (Fsp3) is 0.375. The van der Waals surface area contributed by atoms with E-state index >= 15 is 0 Å². The van der Waals surface area contributed by atoms with E-state index in [0.29, 0.717) is 12.2 Å². The Morgan fingerprint density at radius 3 is 2.76 bits per heavy atom. The van der Waals surface area contributed by atoms with Crippen LogP contribution in [0, 0.1) is 17.0 Å². The lowest BCUT2D eigenvalue weighted by Crippen LogP contribution is -2.20. The SMILES string of the molecule is Cc1ccc(Nc2nc(NC[C@@H]3CCCO3)nc(N)c2[N+](=O)[O-])cc1. The van der Waals surface area contributed by atoms with Crippen molar-refractivity contribution in [3.8, 4) is 0 Å². The van der Waals surface area contributed by atoms with Crippen LogP contribution in [0.25, 0.3) is 0 Å². The van der Waals surface area contributed by atoms with Crippen molar-refractivity contribution in [3.05, 3.63) is 39.9 Å². The van der Waals surface area contributed by atoms with Gasteiger partial charge in [0.2, 0.25) is 17.6 Å². The van der Waals surface area contributed by atoms with Gasteiger partial charge in [-0.15, -0.1) is 0 Å². The topological polar surface area (TPSA) is 128 Å². The number of anilines is 4. The Morgan fingerprint density at radius 2 is 2.12 bits per heavy atom. The lowest BCUT2D eigenvalue weighted by Gasteiger charge is -2.13. The molecule has 0 aliphatic carbocycles. The predicted octanol–water partition coefficient (Wildman–Crippen LogP) is 2.61. The molecule has 132 valence electrons. The fourth-order valence-corrected chi connectivity index (χ4v) is 2.60. The van der Waals surface area contributed by atoms with Gasteiger partial charge in [-0.1, -0.05) is 17.7 Å². The molecule has 1 fully saturated rings. The average molecular weight is 344 g/mol. The van der Waals surface area contributed by atoms with E-state index < -0.39 is 4.92 Å². The van der Waals surface area contributed by atoms with Crippen LogP contribution in [0.1, 0.15) is 18.4 Å². The lowest BCUT2D eigenvalue weighted by atomic mass is 10.2. The number of nitrogens with one attached hydrogen (secondary N) is 2. The molecule has 0 spiro atoms. The van der Waals surface area contributed by atoms with Gasteiger partial charge < -0.3 is 21.1 Å². The van der Waals surface area contributed by atoms with Gasteiger partial charge >= 0.3 is 5.69 Å². The summed E-state index contributed by atoms with van der Waals surface area (Å²) in [6.07, 6.45) is 2.08. The number of aromatic nitrogens is 2. The normalized spacial score (nSPS) is 16.6. The highest BCUT2D eigenvalue weighted by atomic mass is 16.6. The molecule has 2 aromatic rings. The first-order valence-electron chi connectivity index (χ1n) is 8.04. The zero-order valence-electron chi connectivity index (χ0n) is 13.9. The first-order chi connectivity index (χ1) is 12.0. The van der Waals surface area contributed by atoms with Gasteiger partial charge in [0.15, 0.2) is 0 Å². The molecule has 9 nitrogen and oxygen atoms in total. The van der Waals surface area contributed by atoms with E-state index in [1.807, 2.05) is 31.2 Å². The number of rotatable bonds is 6. The van der Waals surface area contributed by atoms with E-state index in [0.717, 1.165) is 25.0 Å². The van der Waals surface area contributed by atoms with Gasteiger partial charge in [0.05, 0.1) is 11.0 Å². The van der Waals surface area contributed by atoms with E-state index in [2.05, 4.69) is 20.6 Å². The summed E-state index contributed by atoms with van der Waals surface area (Å²) < 4.78 is 5.53. The minimum Gasteiger partial charge on any atom is -0.378 e. The first-order valence-corrected chi connectivity index (χ1v) is 8.04. The van der Waals surface area contributed by atoms with Crippen LogP contribution in [0.3, 0.4) is 0 Å². The number of nitrogen functional groups attached to an aromatic ring is 1. The number of nitro groups is 1. The molecule has 1 aliphatic heterocycles. The first kappa shape index (κ1) is 16.9. The van der Waals surface area contributed by atoms with Gasteiger partial charge in [-0.25, -0.2) is 0 Å². The van der Waals surface area contributed by atoms with Gasteiger partial charge in [-0.05, 0) is 31.9 Å². The molecular formula is C16H20N6O3. The highest BCUT2D eigenvalue weighted by molar-refractivity contribution is 5.74. The van der Waals surface area contributed by atoms with Crippen LogP contribution in [0.4, 0.5) is 29.0 Å². The largest absolute Gasteiger partial charge is 0.378 e. The Bertz CT molecular complexity index is 759. The standard InChI is InChI=1S/C16H20N6O3/c1-10-4-6-11(7-5-10)19-15-13(22(23)24)14(17)20-16(21-15)18-9-12-3-2-8-25-12/h4-7,12H,2-3,8-9H2,1H3,(H4,17,18,19,20,21)/t12-/m0/s1. The third-order valence-corrected chi connectivity index (χ3v) is 3.92. The quantitative estimate of drug-likeness (QED) is 0.539. The van der Waals surface area contributed by atoms with Crippen molar-refractivity contribution < 1.29 is 9.66 Å². The molecule has 9 heteroatoms. The van der Waals surface area contributed by atoms with Crippen molar-refractivity contribution >= 4 is 29.0 Å². The molecule has 4 N–H and O–H groups in total. The van der Waals surface area contributed by atoms with Crippen molar-refractivity contribution in [1.29, 1.82) is 0 Å². The Kier molecular flexibility index (Phi) is 4.94. The minimum atomic E-state index is -0.588. The van der Waals surface area contributed by atoms with Gasteiger partial charge in [0.25, 0.3) is 0 Å². The third-order valence-electron chi connectivity index (χ3n) is 3.92. The maximum absolute atomic E-state index is 11.3. The molecule has 1 aliphatic rings. The summed E-state index contributed by atoms with van der Waals surface area (Å²) in [6, 6.07) is 7.43. The second-order valence-electron chi connectivity index (χ2n) is 5.89. The Balaban J connectivity index is 1.84. The molecule has 0 bridgehead atoms. The van der Waals surface area contributed by atoms with Crippen LogP contribution in [0.15, 0.2) is 24.3 Å². The van der Waals surface area contributed by atoms with Crippen molar-refractivity contribution in [3.63, 3.8) is 0 Å². The maximum atomic E-state index is 11.3. The van der Waals surface area contributed by atoms with Gasteiger partial charge in [0, 0.05) is 18.8 Å². The fourth-order valence-electron chi connectivity index (χ4n) is 2.60. The van der Waals surface area contributed by atoms with E-state index in [-0.39, 0.29) is 29.4 Å². The summed E-state index contributed by atoms with van der Waals surface area (Å²) in [5.74, 6) is 0.0915. The van der Waals surface area contributed by atoms with Crippen LogP contribution in [0.2, 0.25) is 0 Å². The number of aryl methyl sites for hydroxylation is 1. The molecule has 0 amide bonds. The molecule has 1 aromatic heterocycles. The molecular weight excluding hydrogens is 324 g/mol. The Labute approximate surface area is 144 Å². The summed E-state index contributed by atoms with van der Waals surface area (Å²) in [5.41, 5.74) is 7.20. The molecule has 0 unspecified atom stereocenters. The van der Waals surface area contributed by atoms with E-state index in [1.54, 1.807) is 0 Å². The van der Waals surface area contributed by atoms with Crippen molar-refractivity contribution in [1.82, 2.24) is 9.97 Å². The number of benzene rings is 1. The molecule has 25 heavy (non-hydrogen) atoms. The van der Waals surface area contributed by atoms with Crippen molar-refractivity contribution in [2.75, 3.05) is 29.5 Å². The summed E-state index contributed by atoms with van der Waals surface area (Å²) in [6.45, 7) is 3.24. The molecule has 1 saturated heterocycles. The lowest BCUT2D eigenvalue weighted by molar-refractivity contribution is -0.383. The van der Waals surface area contributed by atoms with Crippen LogP contribution in [-0.4, -0.2) is 34.1 Å². The molecule has 3 rings (SSSR count). The van der Waals surface area contributed by atoms with E-state index in [1.165, 1.54) is 0 Å². The number of nitrogens with two attached hydrogens (primary N) is 1. The average Bonchev–Trinajstić information content (AvgIpc) is 3.08. The number of hydrogen-bond donors (Lipinski definition) is 3. The smallest absolute Gasteiger partial charge is 0.353 e. The van der Waals surface area contributed by atoms with Gasteiger partial charge in [-0.2, -0.15) is 9.97 Å². The van der Waals surface area contributed by atoms with E-state index in [9.17, 15) is 10.1 Å². The molecule has 1 aromatic carbocycles.